The van der Waals surface area contributed by atoms with Crippen molar-refractivity contribution in [3.8, 4) is 0 Å². The van der Waals surface area contributed by atoms with E-state index in [4.69, 9.17) is 4.98 Å². The molecular formula is C12H20BrN3S. The lowest BCUT2D eigenvalue weighted by Gasteiger charge is -2.29. The summed E-state index contributed by atoms with van der Waals surface area (Å²) in [5.74, 6) is 1.74. The molecule has 96 valence electrons. The number of hydrogen-bond acceptors (Lipinski definition) is 4. The Labute approximate surface area is 116 Å². The minimum Gasteiger partial charge on any atom is -0.343 e. The summed E-state index contributed by atoms with van der Waals surface area (Å²) in [6, 6.07) is 0.590. The van der Waals surface area contributed by atoms with E-state index < -0.39 is 0 Å². The molecule has 5 heteroatoms. The van der Waals surface area contributed by atoms with Gasteiger partial charge in [0, 0.05) is 35.4 Å². The lowest BCUT2D eigenvalue weighted by atomic mass is 10.1. The molecule has 0 aromatic carbocycles. The molecule has 0 N–H and O–H groups in total. The summed E-state index contributed by atoms with van der Waals surface area (Å²) in [4.78, 5) is 7.14. The highest BCUT2D eigenvalue weighted by atomic mass is 79.9. The molecule has 17 heavy (non-hydrogen) atoms. The number of aromatic nitrogens is 2. The lowest BCUT2D eigenvalue weighted by molar-refractivity contribution is 0.567. The first-order chi connectivity index (χ1) is 8.30. The van der Waals surface area contributed by atoms with Crippen LogP contribution < -0.4 is 4.90 Å². The van der Waals surface area contributed by atoms with Crippen molar-refractivity contribution in [2.24, 2.45) is 0 Å². The maximum absolute atomic E-state index is 4.72. The second-order valence-electron chi connectivity index (χ2n) is 4.56. The zero-order valence-corrected chi connectivity index (χ0v) is 12.9. The summed E-state index contributed by atoms with van der Waals surface area (Å²) < 4.78 is 4.51. The van der Waals surface area contributed by atoms with Crippen molar-refractivity contribution in [1.29, 1.82) is 0 Å². The van der Waals surface area contributed by atoms with Gasteiger partial charge in [0.25, 0.3) is 0 Å². The van der Waals surface area contributed by atoms with E-state index in [1.807, 2.05) is 0 Å². The molecule has 1 fully saturated rings. The van der Waals surface area contributed by atoms with Crippen LogP contribution in [0.5, 0.6) is 0 Å². The topological polar surface area (TPSA) is 29.0 Å². The van der Waals surface area contributed by atoms with Gasteiger partial charge in [0.2, 0.25) is 5.13 Å². The summed E-state index contributed by atoms with van der Waals surface area (Å²) in [5, 5.41) is 2.10. The summed E-state index contributed by atoms with van der Waals surface area (Å²) in [5.41, 5.74) is 0. The van der Waals surface area contributed by atoms with Crippen molar-refractivity contribution in [3.05, 3.63) is 5.82 Å². The van der Waals surface area contributed by atoms with Crippen LogP contribution in [0.15, 0.2) is 0 Å². The van der Waals surface area contributed by atoms with Crippen LogP contribution in [0.3, 0.4) is 0 Å². The number of halogens is 1. The van der Waals surface area contributed by atoms with Crippen molar-refractivity contribution in [1.82, 2.24) is 9.36 Å². The van der Waals surface area contributed by atoms with Crippen molar-refractivity contribution >= 4 is 32.6 Å². The predicted molar refractivity (Wildman–Crippen MR) is 77.4 cm³/mol. The number of nitrogens with zero attached hydrogens (tertiary/aromatic N) is 3. The minimum absolute atomic E-state index is 0.590. The lowest BCUT2D eigenvalue weighted by Crippen LogP contribution is -2.36. The third-order valence-corrected chi connectivity index (χ3v) is 4.45. The smallest absolute Gasteiger partial charge is 0.205 e. The van der Waals surface area contributed by atoms with Crippen molar-refractivity contribution in [3.63, 3.8) is 0 Å². The van der Waals surface area contributed by atoms with Gasteiger partial charge >= 0.3 is 0 Å². The van der Waals surface area contributed by atoms with Gasteiger partial charge < -0.3 is 4.90 Å². The Hall–Kier alpha value is -0.160. The number of hydrogen-bond donors (Lipinski definition) is 0. The molecule has 0 amide bonds. The van der Waals surface area contributed by atoms with Gasteiger partial charge in [-0.15, -0.1) is 0 Å². The van der Waals surface area contributed by atoms with Gasteiger partial charge in [0.1, 0.15) is 5.82 Å². The first-order valence-corrected chi connectivity index (χ1v) is 8.35. The minimum atomic E-state index is 0.590. The van der Waals surface area contributed by atoms with E-state index in [2.05, 4.69) is 39.1 Å². The normalized spacial score (nSPS) is 15.5. The van der Waals surface area contributed by atoms with Gasteiger partial charge in [-0.3, -0.25) is 0 Å². The molecule has 0 radical (unpaired) electrons. The third kappa shape index (κ3) is 3.19. The quantitative estimate of drug-likeness (QED) is 0.716. The molecule has 1 aromatic heterocycles. The standard InChI is InChI=1S/C12H20BrN3S/c1-3-10(4-2)16(8-7-13)12-14-11(15-17-12)9-5-6-9/h9-10H,3-8H2,1-2H3. The molecule has 0 aliphatic heterocycles. The van der Waals surface area contributed by atoms with Crippen LogP contribution in [0.2, 0.25) is 0 Å². The average Bonchev–Trinajstić information content (AvgIpc) is 3.08. The average molecular weight is 318 g/mol. The van der Waals surface area contributed by atoms with Gasteiger partial charge in [-0.25, -0.2) is 4.98 Å². The molecule has 0 spiro atoms. The monoisotopic (exact) mass is 317 g/mol. The number of anilines is 1. The van der Waals surface area contributed by atoms with Gasteiger partial charge in [0.15, 0.2) is 0 Å². The Morgan fingerprint density at radius 3 is 2.65 bits per heavy atom. The Kier molecular flexibility index (Phi) is 4.79. The van der Waals surface area contributed by atoms with Crippen molar-refractivity contribution < 1.29 is 0 Å². The van der Waals surface area contributed by atoms with Crippen molar-refractivity contribution in [2.75, 3.05) is 16.8 Å². The zero-order chi connectivity index (χ0) is 12.3. The van der Waals surface area contributed by atoms with Gasteiger partial charge in [0.05, 0.1) is 0 Å². The van der Waals surface area contributed by atoms with Crippen LogP contribution in [0.1, 0.15) is 51.3 Å². The molecule has 1 aromatic rings. The molecule has 0 saturated heterocycles. The SMILES string of the molecule is CCC(CC)N(CCBr)c1nc(C2CC2)ns1. The summed E-state index contributed by atoms with van der Waals surface area (Å²) in [6.45, 7) is 5.52. The number of alkyl halides is 1. The van der Waals surface area contributed by atoms with Crippen molar-refractivity contribution in [2.45, 2.75) is 51.5 Å². The molecule has 1 heterocycles. The highest BCUT2D eigenvalue weighted by molar-refractivity contribution is 9.09. The first kappa shape index (κ1) is 13.3. The van der Waals surface area contributed by atoms with Crippen LogP contribution in [-0.2, 0) is 0 Å². The summed E-state index contributed by atoms with van der Waals surface area (Å²) in [6.07, 6.45) is 4.89. The number of rotatable bonds is 7. The fraction of sp³-hybridized carbons (Fsp3) is 0.833. The maximum Gasteiger partial charge on any atom is 0.205 e. The van der Waals surface area contributed by atoms with Crippen LogP contribution in [0, 0.1) is 0 Å². The maximum atomic E-state index is 4.72. The summed E-state index contributed by atoms with van der Waals surface area (Å²) in [7, 11) is 0. The van der Waals surface area contributed by atoms with Gasteiger partial charge in [-0.1, -0.05) is 29.8 Å². The van der Waals surface area contributed by atoms with E-state index in [0.717, 1.165) is 22.8 Å². The fourth-order valence-corrected chi connectivity index (χ4v) is 3.33. The highest BCUT2D eigenvalue weighted by Gasteiger charge is 2.29. The Balaban J connectivity index is 2.11. The molecule has 2 rings (SSSR count). The molecule has 0 atom stereocenters. The molecule has 0 bridgehead atoms. The Morgan fingerprint density at radius 1 is 1.41 bits per heavy atom. The predicted octanol–water partition coefficient (Wildman–Crippen LogP) is 3.81. The third-order valence-electron chi connectivity index (χ3n) is 3.33. The van der Waals surface area contributed by atoms with E-state index in [1.165, 1.54) is 25.7 Å². The molecule has 0 unspecified atom stereocenters. The van der Waals surface area contributed by atoms with Crippen LogP contribution in [0.4, 0.5) is 5.13 Å². The van der Waals surface area contributed by atoms with Crippen LogP contribution >= 0.6 is 27.5 Å². The molecule has 3 nitrogen and oxygen atoms in total. The van der Waals surface area contributed by atoms with Gasteiger partial charge in [-0.2, -0.15) is 4.37 Å². The summed E-state index contributed by atoms with van der Waals surface area (Å²) >= 11 is 5.11. The zero-order valence-electron chi connectivity index (χ0n) is 10.5. The molecule has 1 aliphatic rings. The Bertz CT molecular complexity index is 347. The van der Waals surface area contributed by atoms with E-state index in [-0.39, 0.29) is 0 Å². The van der Waals surface area contributed by atoms with Crippen LogP contribution in [0.25, 0.3) is 0 Å². The molecular weight excluding hydrogens is 298 g/mol. The van der Waals surface area contributed by atoms with E-state index in [9.17, 15) is 0 Å². The fourth-order valence-electron chi connectivity index (χ4n) is 2.11. The van der Waals surface area contributed by atoms with Gasteiger partial charge in [-0.05, 0) is 25.7 Å². The Morgan fingerprint density at radius 2 is 2.12 bits per heavy atom. The first-order valence-electron chi connectivity index (χ1n) is 6.46. The largest absolute Gasteiger partial charge is 0.343 e. The molecule has 1 saturated carbocycles. The highest BCUT2D eigenvalue weighted by Crippen LogP contribution is 2.40. The van der Waals surface area contributed by atoms with E-state index in [0.29, 0.717) is 12.0 Å². The molecule has 1 aliphatic carbocycles. The second kappa shape index (κ2) is 6.14. The van der Waals surface area contributed by atoms with E-state index >= 15 is 0 Å². The second-order valence-corrected chi connectivity index (χ2v) is 6.09. The van der Waals surface area contributed by atoms with Crippen LogP contribution in [-0.4, -0.2) is 27.3 Å². The van der Waals surface area contributed by atoms with E-state index in [1.54, 1.807) is 11.5 Å².